The number of amides is 2. The van der Waals surface area contributed by atoms with Gasteiger partial charge in [-0.2, -0.15) is 0 Å². The molecule has 8 nitrogen and oxygen atoms in total. The molecule has 1 unspecified atom stereocenters. The quantitative estimate of drug-likeness (QED) is 0.346. The lowest BCUT2D eigenvalue weighted by Gasteiger charge is -2.29. The van der Waals surface area contributed by atoms with Crippen LogP contribution in [0.3, 0.4) is 0 Å². The van der Waals surface area contributed by atoms with Gasteiger partial charge in [0, 0.05) is 23.8 Å². The van der Waals surface area contributed by atoms with Gasteiger partial charge in [0.2, 0.25) is 0 Å². The summed E-state index contributed by atoms with van der Waals surface area (Å²) in [5.74, 6) is -2.85. The zero-order valence-corrected chi connectivity index (χ0v) is 23.0. The Balaban J connectivity index is 1.81. The number of para-hydroxylation sites is 1. The molecule has 11 heteroatoms. The third-order valence-corrected chi connectivity index (χ3v) is 7.18. The number of allylic oxidation sites excluding steroid dienone is 1. The topological polar surface area (TPSA) is 119 Å². The van der Waals surface area contributed by atoms with Crippen LogP contribution in [0.25, 0.3) is 0 Å². The van der Waals surface area contributed by atoms with E-state index in [4.69, 9.17) is 4.74 Å². The van der Waals surface area contributed by atoms with Crippen molar-refractivity contribution in [3.63, 3.8) is 0 Å². The van der Waals surface area contributed by atoms with Gasteiger partial charge in [0.25, 0.3) is 11.8 Å². The molecule has 212 valence electrons. The number of hydrogen-bond acceptors (Lipinski definition) is 7. The van der Waals surface area contributed by atoms with Gasteiger partial charge in [0.05, 0.1) is 12.2 Å². The van der Waals surface area contributed by atoms with Crippen molar-refractivity contribution in [2.45, 2.75) is 62.7 Å². The van der Waals surface area contributed by atoms with Gasteiger partial charge in [-0.05, 0) is 35.2 Å². The van der Waals surface area contributed by atoms with Gasteiger partial charge < -0.3 is 30.3 Å². The number of aliphatic hydroxyl groups excluding tert-OH is 3. The lowest BCUT2D eigenvalue weighted by molar-refractivity contribution is -0.150. The molecule has 0 bridgehead atoms. The molecule has 1 heterocycles. The highest BCUT2D eigenvalue weighted by Crippen LogP contribution is 2.35. The largest absolute Gasteiger partial charge is 0.387 e. The van der Waals surface area contributed by atoms with E-state index in [1.807, 2.05) is 20.8 Å². The van der Waals surface area contributed by atoms with Crippen molar-refractivity contribution in [1.29, 1.82) is 0 Å². The van der Waals surface area contributed by atoms with Gasteiger partial charge in [-0.3, -0.25) is 9.59 Å². The van der Waals surface area contributed by atoms with Crippen molar-refractivity contribution in [3.05, 3.63) is 71.8 Å². The molecule has 4 N–H and O–H groups in total. The summed E-state index contributed by atoms with van der Waals surface area (Å²) in [6.07, 6.45) is -3.65. The number of methoxy groups -OCH3 is 1. The molecule has 0 aromatic heterocycles. The minimum atomic E-state index is -1.81. The van der Waals surface area contributed by atoms with E-state index >= 15 is 0 Å². The van der Waals surface area contributed by atoms with Crippen molar-refractivity contribution < 1.29 is 38.4 Å². The van der Waals surface area contributed by atoms with E-state index in [-0.39, 0.29) is 23.3 Å². The number of nitrogens with one attached hydrogen (secondary N) is 1. The van der Waals surface area contributed by atoms with E-state index in [2.05, 4.69) is 5.32 Å². The molecule has 5 atom stereocenters. The molecule has 1 aliphatic rings. The van der Waals surface area contributed by atoms with Gasteiger partial charge in [0.1, 0.15) is 36.0 Å². The fourth-order valence-corrected chi connectivity index (χ4v) is 5.12. The first-order valence-corrected chi connectivity index (χ1v) is 13.3. The Morgan fingerprint density at radius 1 is 1.15 bits per heavy atom. The number of thioether (sulfide) groups is 1. The minimum Gasteiger partial charge on any atom is -0.387 e. The zero-order valence-electron chi connectivity index (χ0n) is 22.2. The average Bonchev–Trinajstić information content (AvgIpc) is 2.98. The fraction of sp³-hybridized carbons (Fsp3) is 0.429. The molecular formula is C28H34F2N2O6S. The molecule has 0 spiro atoms. The minimum absolute atomic E-state index is 0.127. The van der Waals surface area contributed by atoms with Crippen molar-refractivity contribution in [1.82, 2.24) is 5.32 Å². The number of aliphatic hydroxyl groups is 3. The van der Waals surface area contributed by atoms with Crippen LogP contribution in [0.15, 0.2) is 59.5 Å². The first-order valence-electron chi connectivity index (χ1n) is 12.4. The summed E-state index contributed by atoms with van der Waals surface area (Å²) in [7, 11) is 1.15. The normalized spacial score (nSPS) is 19.3. The summed E-state index contributed by atoms with van der Waals surface area (Å²) >= 11 is 1.30. The van der Waals surface area contributed by atoms with Crippen LogP contribution in [0.4, 0.5) is 14.5 Å². The van der Waals surface area contributed by atoms with Crippen LogP contribution in [-0.4, -0.2) is 70.5 Å². The molecule has 0 fully saturated rings. The second kappa shape index (κ2) is 13.0. The molecule has 0 saturated carbocycles. The number of fused-ring (bicyclic) bond motifs is 1. The molecule has 0 aliphatic carbocycles. The molecule has 39 heavy (non-hydrogen) atoms. The van der Waals surface area contributed by atoms with E-state index in [0.717, 1.165) is 30.2 Å². The molecule has 2 aromatic carbocycles. The summed E-state index contributed by atoms with van der Waals surface area (Å²) in [6.45, 7) is 5.51. The monoisotopic (exact) mass is 564 g/mol. The van der Waals surface area contributed by atoms with Crippen molar-refractivity contribution >= 4 is 29.3 Å². The van der Waals surface area contributed by atoms with Crippen LogP contribution >= 0.6 is 11.8 Å². The zero-order chi connectivity index (χ0) is 28.9. The number of benzene rings is 2. The summed E-state index contributed by atoms with van der Waals surface area (Å²) in [5, 5.41) is 34.0. The van der Waals surface area contributed by atoms with Gasteiger partial charge >= 0.3 is 0 Å². The third kappa shape index (κ3) is 8.09. The van der Waals surface area contributed by atoms with E-state index in [0.29, 0.717) is 5.69 Å². The maximum Gasteiger partial charge on any atom is 0.252 e. The van der Waals surface area contributed by atoms with Crippen LogP contribution in [0.1, 0.15) is 26.3 Å². The highest BCUT2D eigenvalue weighted by atomic mass is 32.2. The van der Waals surface area contributed by atoms with Crippen LogP contribution in [0.2, 0.25) is 0 Å². The third-order valence-electron chi connectivity index (χ3n) is 6.02. The Morgan fingerprint density at radius 2 is 1.79 bits per heavy atom. The Morgan fingerprint density at radius 3 is 2.41 bits per heavy atom. The van der Waals surface area contributed by atoms with Crippen LogP contribution in [-0.2, 0) is 20.9 Å². The Kier molecular flexibility index (Phi) is 10.2. The number of anilines is 1. The summed E-state index contributed by atoms with van der Waals surface area (Å²) in [6, 6.07) is 8.90. The van der Waals surface area contributed by atoms with Gasteiger partial charge in [0.15, 0.2) is 6.10 Å². The second-order valence-electron chi connectivity index (χ2n) is 10.4. The summed E-state index contributed by atoms with van der Waals surface area (Å²) < 4.78 is 32.8. The molecule has 0 saturated heterocycles. The van der Waals surface area contributed by atoms with E-state index in [1.165, 1.54) is 22.7 Å². The first kappa shape index (κ1) is 30.7. The number of hydrogen-bond donors (Lipinski definition) is 4. The predicted octanol–water partition coefficient (Wildman–Crippen LogP) is 2.79. The van der Waals surface area contributed by atoms with Gasteiger partial charge in [-0.15, -0.1) is 11.8 Å². The molecule has 0 radical (unpaired) electrons. The lowest BCUT2D eigenvalue weighted by Crippen LogP contribution is -2.56. The van der Waals surface area contributed by atoms with Crippen molar-refractivity contribution in [2.75, 3.05) is 17.8 Å². The van der Waals surface area contributed by atoms with Crippen LogP contribution in [0.5, 0.6) is 0 Å². The first-order chi connectivity index (χ1) is 18.3. The highest BCUT2D eigenvalue weighted by Gasteiger charge is 2.38. The number of halogens is 2. The smallest absolute Gasteiger partial charge is 0.252 e. The van der Waals surface area contributed by atoms with Crippen LogP contribution in [0, 0.1) is 17.0 Å². The SMILES string of the molecule is CO[C@@H](C(=O)NC1CSc2ccccc2N(Cc2cc(F)cc(F)c2)C1=O)[C@H](O)[C@@H](O)[C@H](O)/C=C/C(C)(C)C. The fourth-order valence-electron chi connectivity index (χ4n) is 4.04. The Labute approximate surface area is 230 Å². The number of nitrogens with zero attached hydrogens (tertiary/aromatic N) is 1. The highest BCUT2D eigenvalue weighted by molar-refractivity contribution is 7.99. The number of carbonyl (C=O) groups is 2. The molecule has 3 rings (SSSR count). The molecule has 2 aromatic rings. The molecular weight excluding hydrogens is 530 g/mol. The Hall–Kier alpha value is -2.83. The van der Waals surface area contributed by atoms with Crippen molar-refractivity contribution in [3.8, 4) is 0 Å². The molecule has 1 aliphatic heterocycles. The Bertz CT molecular complexity index is 1180. The van der Waals surface area contributed by atoms with E-state index in [9.17, 15) is 33.7 Å². The standard InChI is InChI=1S/C28H34F2N2O6S/c1-28(2,3)10-9-21(33)23(34)24(35)25(38-4)26(36)31-19-15-39-22-8-6-5-7-20(22)32(27(19)37)14-16-11-17(29)13-18(30)12-16/h5-13,19,21,23-25,33-35H,14-15H2,1-4H3,(H,31,36)/b10-9+/t19?,21-,23+,24-,25-/m1/s1. The number of rotatable bonds is 9. The van der Waals surface area contributed by atoms with Gasteiger partial charge in [-0.25, -0.2) is 8.78 Å². The summed E-state index contributed by atoms with van der Waals surface area (Å²) in [5.41, 5.74) is 0.446. The van der Waals surface area contributed by atoms with Crippen LogP contribution < -0.4 is 10.2 Å². The summed E-state index contributed by atoms with van der Waals surface area (Å²) in [4.78, 5) is 28.8. The van der Waals surface area contributed by atoms with Crippen molar-refractivity contribution in [2.24, 2.45) is 5.41 Å². The van der Waals surface area contributed by atoms with Gasteiger partial charge in [-0.1, -0.05) is 45.1 Å². The number of ether oxygens (including phenoxy) is 1. The van der Waals surface area contributed by atoms with E-state index < -0.39 is 53.9 Å². The average molecular weight is 565 g/mol. The number of carbonyl (C=O) groups excluding carboxylic acids is 2. The molecule has 2 amide bonds. The predicted molar refractivity (Wildman–Crippen MR) is 144 cm³/mol. The maximum atomic E-state index is 13.9. The lowest BCUT2D eigenvalue weighted by atomic mass is 9.94. The second-order valence-corrected chi connectivity index (χ2v) is 11.5. The van der Waals surface area contributed by atoms with E-state index in [1.54, 1.807) is 30.3 Å². The maximum absolute atomic E-state index is 13.9.